The Labute approximate surface area is 155 Å². The number of rotatable bonds is 3. The van der Waals surface area contributed by atoms with Gasteiger partial charge in [0.25, 0.3) is 0 Å². The monoisotopic (exact) mass is 361 g/mol. The molecule has 26 heavy (non-hydrogen) atoms. The van der Waals surface area contributed by atoms with E-state index in [1.54, 1.807) is 24.3 Å². The predicted octanol–water partition coefficient (Wildman–Crippen LogP) is 6.13. The summed E-state index contributed by atoms with van der Waals surface area (Å²) in [5, 5.41) is 7.39. The number of hydrogen-bond donors (Lipinski definition) is 3. The number of urea groups is 1. The van der Waals surface area contributed by atoms with E-state index in [1.807, 2.05) is 54.6 Å². The maximum atomic E-state index is 12.5. The third-order valence-corrected chi connectivity index (χ3v) is 4.36. The van der Waals surface area contributed by atoms with Gasteiger partial charge in [-0.15, -0.1) is 0 Å². The number of aromatic nitrogens is 1. The number of carbonyl (C=O) groups excluding carboxylic acids is 1. The molecular formula is C21H16ClN3O. The van der Waals surface area contributed by atoms with Crippen LogP contribution in [0, 0.1) is 0 Å². The standard InChI is InChI=1S/C21H16ClN3O/c22-15-10-12-16(13-11-15)23-21(26)25-20-17-8-4-5-9-18(17)24-19(20)14-6-2-1-3-7-14/h1-13,24H,(H2,23,25,26). The number of nitrogens with one attached hydrogen (secondary N) is 3. The number of halogens is 1. The Morgan fingerprint density at radius 3 is 2.27 bits per heavy atom. The average Bonchev–Trinajstić information content (AvgIpc) is 3.03. The summed E-state index contributed by atoms with van der Waals surface area (Å²) in [7, 11) is 0. The summed E-state index contributed by atoms with van der Waals surface area (Å²) >= 11 is 5.88. The van der Waals surface area contributed by atoms with Gasteiger partial charge >= 0.3 is 6.03 Å². The minimum atomic E-state index is -0.311. The molecule has 0 spiro atoms. The Bertz CT molecular complexity index is 1060. The molecule has 4 rings (SSSR count). The van der Waals surface area contributed by atoms with Gasteiger partial charge in [0.05, 0.1) is 11.4 Å². The first-order chi connectivity index (χ1) is 12.7. The number of anilines is 2. The van der Waals surface area contributed by atoms with Crippen molar-refractivity contribution in [1.82, 2.24) is 4.98 Å². The first-order valence-electron chi connectivity index (χ1n) is 8.20. The number of benzene rings is 3. The van der Waals surface area contributed by atoms with Gasteiger partial charge in [-0.2, -0.15) is 0 Å². The quantitative estimate of drug-likeness (QED) is 0.403. The molecule has 0 aliphatic rings. The molecule has 0 fully saturated rings. The summed E-state index contributed by atoms with van der Waals surface area (Å²) in [6, 6.07) is 24.5. The van der Waals surface area contributed by atoms with Crippen LogP contribution in [0.2, 0.25) is 5.02 Å². The minimum absolute atomic E-state index is 0.311. The topological polar surface area (TPSA) is 56.9 Å². The highest BCUT2D eigenvalue weighted by Crippen LogP contribution is 2.34. The lowest BCUT2D eigenvalue weighted by Gasteiger charge is -2.09. The van der Waals surface area contributed by atoms with Crippen molar-refractivity contribution in [3.8, 4) is 11.3 Å². The summed E-state index contributed by atoms with van der Waals surface area (Å²) in [5.74, 6) is 0. The summed E-state index contributed by atoms with van der Waals surface area (Å²) in [6.07, 6.45) is 0. The molecule has 3 aromatic carbocycles. The van der Waals surface area contributed by atoms with Crippen LogP contribution in [0.4, 0.5) is 16.2 Å². The van der Waals surface area contributed by atoms with Crippen molar-refractivity contribution >= 4 is 39.9 Å². The molecule has 4 nitrogen and oxygen atoms in total. The predicted molar refractivity (Wildman–Crippen MR) is 108 cm³/mol. The highest BCUT2D eigenvalue weighted by Gasteiger charge is 2.15. The normalized spacial score (nSPS) is 10.7. The second-order valence-corrected chi connectivity index (χ2v) is 6.31. The minimum Gasteiger partial charge on any atom is -0.353 e. The molecule has 1 aromatic heterocycles. The summed E-state index contributed by atoms with van der Waals surface area (Å²) in [6.45, 7) is 0. The third-order valence-electron chi connectivity index (χ3n) is 4.11. The van der Waals surface area contributed by atoms with Gasteiger partial charge in [-0.25, -0.2) is 4.79 Å². The van der Waals surface area contributed by atoms with Crippen LogP contribution < -0.4 is 10.6 Å². The van der Waals surface area contributed by atoms with E-state index >= 15 is 0 Å². The molecular weight excluding hydrogens is 346 g/mol. The van der Waals surface area contributed by atoms with Gasteiger partial charge in [0.2, 0.25) is 0 Å². The fourth-order valence-corrected chi connectivity index (χ4v) is 3.03. The maximum absolute atomic E-state index is 12.5. The van der Waals surface area contributed by atoms with Gasteiger partial charge in [-0.3, -0.25) is 0 Å². The number of amides is 2. The third kappa shape index (κ3) is 3.27. The Morgan fingerprint density at radius 2 is 1.50 bits per heavy atom. The van der Waals surface area contributed by atoms with Crippen LogP contribution in [0.15, 0.2) is 78.9 Å². The van der Waals surface area contributed by atoms with Crippen LogP contribution >= 0.6 is 11.6 Å². The molecule has 0 unspecified atom stereocenters. The first-order valence-corrected chi connectivity index (χ1v) is 8.58. The summed E-state index contributed by atoms with van der Waals surface area (Å²) in [4.78, 5) is 15.9. The van der Waals surface area contributed by atoms with E-state index in [4.69, 9.17) is 11.6 Å². The zero-order valence-corrected chi connectivity index (χ0v) is 14.5. The fourth-order valence-electron chi connectivity index (χ4n) is 2.90. The van der Waals surface area contributed by atoms with Crippen LogP contribution in [-0.4, -0.2) is 11.0 Å². The number of para-hydroxylation sites is 1. The van der Waals surface area contributed by atoms with Gasteiger partial charge in [-0.1, -0.05) is 60.1 Å². The second kappa shape index (κ2) is 6.94. The smallest absolute Gasteiger partial charge is 0.323 e. The molecule has 3 N–H and O–H groups in total. The zero-order chi connectivity index (χ0) is 17.9. The van der Waals surface area contributed by atoms with Gasteiger partial charge in [-0.05, 0) is 30.3 Å². The van der Waals surface area contributed by atoms with Crippen molar-refractivity contribution < 1.29 is 4.79 Å². The van der Waals surface area contributed by atoms with Crippen molar-refractivity contribution in [2.24, 2.45) is 0 Å². The Hall–Kier alpha value is -3.24. The van der Waals surface area contributed by atoms with Crippen LogP contribution in [0.3, 0.4) is 0 Å². The lowest BCUT2D eigenvalue weighted by molar-refractivity contribution is 0.262. The second-order valence-electron chi connectivity index (χ2n) is 5.87. The van der Waals surface area contributed by atoms with Crippen molar-refractivity contribution in [3.05, 3.63) is 83.9 Å². The van der Waals surface area contributed by atoms with Crippen LogP contribution in [-0.2, 0) is 0 Å². The molecule has 0 atom stereocenters. The lowest BCUT2D eigenvalue weighted by atomic mass is 10.1. The van der Waals surface area contributed by atoms with Gasteiger partial charge in [0, 0.05) is 27.2 Å². The van der Waals surface area contributed by atoms with E-state index in [0.717, 1.165) is 27.8 Å². The van der Waals surface area contributed by atoms with Crippen molar-refractivity contribution in [3.63, 3.8) is 0 Å². The maximum Gasteiger partial charge on any atom is 0.323 e. The average molecular weight is 362 g/mol. The van der Waals surface area contributed by atoms with Gasteiger partial charge < -0.3 is 15.6 Å². The molecule has 128 valence electrons. The summed E-state index contributed by atoms with van der Waals surface area (Å²) < 4.78 is 0. The van der Waals surface area contributed by atoms with E-state index < -0.39 is 0 Å². The molecule has 0 saturated heterocycles. The molecule has 0 aliphatic heterocycles. The molecule has 0 bridgehead atoms. The Kier molecular flexibility index (Phi) is 4.33. The van der Waals surface area contributed by atoms with E-state index in [1.165, 1.54) is 0 Å². The number of fused-ring (bicyclic) bond motifs is 1. The highest BCUT2D eigenvalue weighted by molar-refractivity contribution is 6.30. The van der Waals surface area contributed by atoms with E-state index in [2.05, 4.69) is 15.6 Å². The molecule has 0 aliphatic carbocycles. The Morgan fingerprint density at radius 1 is 0.808 bits per heavy atom. The molecule has 2 amide bonds. The number of aromatic amines is 1. The SMILES string of the molecule is O=C(Nc1ccc(Cl)cc1)Nc1c(-c2ccccc2)[nH]c2ccccc12. The summed E-state index contributed by atoms with van der Waals surface area (Å²) in [5.41, 5.74) is 4.27. The molecule has 4 aromatic rings. The molecule has 0 saturated carbocycles. The van der Waals surface area contributed by atoms with E-state index in [0.29, 0.717) is 10.7 Å². The van der Waals surface area contributed by atoms with Crippen molar-refractivity contribution in [2.45, 2.75) is 0 Å². The van der Waals surface area contributed by atoms with Crippen LogP contribution in [0.25, 0.3) is 22.2 Å². The van der Waals surface area contributed by atoms with Gasteiger partial charge in [0.15, 0.2) is 0 Å². The molecule has 0 radical (unpaired) electrons. The number of H-pyrrole nitrogens is 1. The largest absolute Gasteiger partial charge is 0.353 e. The zero-order valence-electron chi connectivity index (χ0n) is 13.8. The van der Waals surface area contributed by atoms with E-state index in [9.17, 15) is 4.79 Å². The van der Waals surface area contributed by atoms with E-state index in [-0.39, 0.29) is 6.03 Å². The molecule has 5 heteroatoms. The van der Waals surface area contributed by atoms with Gasteiger partial charge in [0.1, 0.15) is 0 Å². The van der Waals surface area contributed by atoms with Crippen LogP contribution in [0.5, 0.6) is 0 Å². The van der Waals surface area contributed by atoms with Crippen molar-refractivity contribution in [1.29, 1.82) is 0 Å². The lowest BCUT2D eigenvalue weighted by Crippen LogP contribution is -2.19. The Balaban J connectivity index is 1.68. The first kappa shape index (κ1) is 16.2. The molecule has 1 heterocycles. The fraction of sp³-hybridized carbons (Fsp3) is 0. The number of carbonyl (C=O) groups is 1. The van der Waals surface area contributed by atoms with Crippen LogP contribution in [0.1, 0.15) is 0 Å². The highest BCUT2D eigenvalue weighted by atomic mass is 35.5. The number of hydrogen-bond acceptors (Lipinski definition) is 1. The van der Waals surface area contributed by atoms with Crippen molar-refractivity contribution in [2.75, 3.05) is 10.6 Å².